The van der Waals surface area contributed by atoms with Crippen LogP contribution in [0.15, 0.2) is 52.4 Å². The Bertz CT molecular complexity index is 1220. The minimum atomic E-state index is -3.88. The summed E-state index contributed by atoms with van der Waals surface area (Å²) in [5.41, 5.74) is 2.71. The second kappa shape index (κ2) is 6.90. The van der Waals surface area contributed by atoms with E-state index in [2.05, 4.69) is 18.8 Å². The Morgan fingerprint density at radius 2 is 1.94 bits per heavy atom. The highest BCUT2D eigenvalue weighted by Gasteiger charge is 2.42. The summed E-state index contributed by atoms with van der Waals surface area (Å²) in [4.78, 5) is 19.5. The lowest BCUT2D eigenvalue weighted by Gasteiger charge is -2.34. The first kappa shape index (κ1) is 20.2. The van der Waals surface area contributed by atoms with Crippen LogP contribution in [0.25, 0.3) is 0 Å². The standard InChI is InChI=1S/C23H25N3O4S/c1-23(2)13-24-22-21(27)18-11-17(8-9-20(18)25(22)14-23)31(28,29)26-16(12-30-3)10-15-6-4-5-7-19(15)26/h4-9,11,16H,10,12-14H2,1-3H3/t16-/m0/s1. The monoisotopic (exact) mass is 439 g/mol. The minimum absolute atomic E-state index is 0.0528. The Morgan fingerprint density at radius 3 is 2.71 bits per heavy atom. The van der Waals surface area contributed by atoms with Crippen LogP contribution in [0.1, 0.15) is 29.8 Å². The van der Waals surface area contributed by atoms with Gasteiger partial charge in [0.2, 0.25) is 5.78 Å². The first-order chi connectivity index (χ1) is 14.7. The number of amidine groups is 1. The molecule has 1 atom stereocenters. The second-order valence-corrected chi connectivity index (χ2v) is 11.0. The maximum atomic E-state index is 13.7. The number of benzene rings is 2. The number of Topliss-reactive ketones (excluding diaryl/α,β-unsaturated/α-hetero) is 1. The highest BCUT2D eigenvalue weighted by Crippen LogP contribution is 2.40. The summed E-state index contributed by atoms with van der Waals surface area (Å²) in [6.07, 6.45) is 0.590. The zero-order valence-electron chi connectivity index (χ0n) is 17.8. The van der Waals surface area contributed by atoms with Gasteiger partial charge in [0.15, 0.2) is 5.84 Å². The lowest BCUT2D eigenvalue weighted by molar-refractivity contribution is 0.106. The number of methoxy groups -OCH3 is 1. The molecule has 0 saturated carbocycles. The third-order valence-corrected chi connectivity index (χ3v) is 8.00. The third kappa shape index (κ3) is 3.08. The van der Waals surface area contributed by atoms with Gasteiger partial charge in [-0.15, -0.1) is 0 Å². The number of sulfonamides is 1. The SMILES string of the molecule is COC[C@@H]1Cc2ccccc2N1S(=O)(=O)c1ccc2c(c1)C(=O)C1=NCC(C)(C)CN12. The Morgan fingerprint density at radius 1 is 1.16 bits per heavy atom. The Hall–Kier alpha value is -2.71. The van der Waals surface area contributed by atoms with Gasteiger partial charge in [-0.3, -0.25) is 14.1 Å². The molecule has 8 heteroatoms. The van der Waals surface area contributed by atoms with Crippen molar-refractivity contribution in [2.75, 3.05) is 36.0 Å². The molecular formula is C23H25N3O4S. The fraction of sp³-hybridized carbons (Fsp3) is 0.391. The van der Waals surface area contributed by atoms with Gasteiger partial charge in [0, 0.05) is 25.6 Å². The van der Waals surface area contributed by atoms with Crippen molar-refractivity contribution < 1.29 is 17.9 Å². The summed E-state index contributed by atoms with van der Waals surface area (Å²) in [6.45, 7) is 5.75. The van der Waals surface area contributed by atoms with Gasteiger partial charge in [-0.1, -0.05) is 32.0 Å². The molecule has 31 heavy (non-hydrogen) atoms. The van der Waals surface area contributed by atoms with E-state index in [4.69, 9.17) is 4.74 Å². The molecule has 2 aromatic carbocycles. The molecule has 3 heterocycles. The molecule has 0 bridgehead atoms. The van der Waals surface area contributed by atoms with E-state index in [9.17, 15) is 13.2 Å². The molecule has 0 fully saturated rings. The second-order valence-electron chi connectivity index (χ2n) is 9.14. The third-order valence-electron chi connectivity index (χ3n) is 6.14. The summed E-state index contributed by atoms with van der Waals surface area (Å²) >= 11 is 0. The molecule has 0 saturated heterocycles. The van der Waals surface area contributed by atoms with Gasteiger partial charge in [0.25, 0.3) is 10.0 Å². The van der Waals surface area contributed by atoms with Crippen LogP contribution in [0.3, 0.4) is 0 Å². The van der Waals surface area contributed by atoms with E-state index in [0.717, 1.165) is 11.3 Å². The van der Waals surface area contributed by atoms with Crippen LogP contribution in [0.5, 0.6) is 0 Å². The summed E-state index contributed by atoms with van der Waals surface area (Å²) in [5.74, 6) is 0.200. The van der Waals surface area contributed by atoms with E-state index in [1.165, 1.54) is 10.4 Å². The molecule has 2 aromatic rings. The van der Waals surface area contributed by atoms with E-state index in [-0.39, 0.29) is 28.7 Å². The number of aliphatic imine (C=N–C) groups is 1. The predicted molar refractivity (Wildman–Crippen MR) is 120 cm³/mol. The first-order valence-corrected chi connectivity index (χ1v) is 11.8. The minimum Gasteiger partial charge on any atom is -0.382 e. The Kier molecular flexibility index (Phi) is 4.50. The number of hydrogen-bond donors (Lipinski definition) is 0. The number of carbonyl (C=O) groups is 1. The van der Waals surface area contributed by atoms with Crippen molar-refractivity contribution in [3.63, 3.8) is 0 Å². The van der Waals surface area contributed by atoms with Crippen LogP contribution in [0, 0.1) is 5.41 Å². The normalized spacial score (nSPS) is 21.6. The van der Waals surface area contributed by atoms with Crippen molar-refractivity contribution >= 4 is 33.0 Å². The Balaban J connectivity index is 1.58. The van der Waals surface area contributed by atoms with Gasteiger partial charge in [-0.25, -0.2) is 8.42 Å². The van der Waals surface area contributed by atoms with Crippen molar-refractivity contribution in [1.82, 2.24) is 0 Å². The van der Waals surface area contributed by atoms with Crippen LogP contribution in [0.4, 0.5) is 11.4 Å². The molecule has 0 aliphatic carbocycles. The number of anilines is 2. The maximum Gasteiger partial charge on any atom is 0.264 e. The molecule has 0 N–H and O–H groups in total. The largest absolute Gasteiger partial charge is 0.382 e. The van der Waals surface area contributed by atoms with Crippen molar-refractivity contribution in [3.05, 3.63) is 53.6 Å². The van der Waals surface area contributed by atoms with Crippen LogP contribution in [0.2, 0.25) is 0 Å². The fourth-order valence-corrected chi connectivity index (χ4v) is 6.42. The molecule has 162 valence electrons. The summed E-state index contributed by atoms with van der Waals surface area (Å²) in [5, 5.41) is 0. The molecule has 0 aromatic heterocycles. The van der Waals surface area contributed by atoms with Crippen molar-refractivity contribution in [3.8, 4) is 0 Å². The van der Waals surface area contributed by atoms with E-state index in [1.807, 2.05) is 29.2 Å². The summed E-state index contributed by atoms with van der Waals surface area (Å²) in [7, 11) is -2.31. The van der Waals surface area contributed by atoms with Crippen LogP contribution in [-0.4, -0.2) is 52.9 Å². The molecule has 0 spiro atoms. The van der Waals surface area contributed by atoms with Gasteiger partial charge in [-0.05, 0) is 36.2 Å². The number of hydrogen-bond acceptors (Lipinski definition) is 6. The first-order valence-electron chi connectivity index (χ1n) is 10.3. The van der Waals surface area contributed by atoms with E-state index >= 15 is 0 Å². The lowest BCUT2D eigenvalue weighted by atomic mass is 9.91. The maximum absolute atomic E-state index is 13.7. The number of fused-ring (bicyclic) bond motifs is 4. The van der Waals surface area contributed by atoms with Crippen molar-refractivity contribution in [2.45, 2.75) is 31.2 Å². The average molecular weight is 440 g/mol. The molecule has 3 aliphatic heterocycles. The zero-order valence-corrected chi connectivity index (χ0v) is 18.6. The lowest BCUT2D eigenvalue weighted by Crippen LogP contribution is -2.44. The van der Waals surface area contributed by atoms with Crippen LogP contribution >= 0.6 is 0 Å². The van der Waals surface area contributed by atoms with E-state index in [1.54, 1.807) is 19.2 Å². The van der Waals surface area contributed by atoms with Crippen LogP contribution in [-0.2, 0) is 21.2 Å². The van der Waals surface area contributed by atoms with Gasteiger partial charge in [0.05, 0.1) is 34.5 Å². The number of carbonyl (C=O) groups excluding carboxylic acids is 1. The average Bonchev–Trinajstić information content (AvgIpc) is 3.23. The topological polar surface area (TPSA) is 79.3 Å². The Labute approximate surface area is 182 Å². The highest BCUT2D eigenvalue weighted by molar-refractivity contribution is 7.92. The molecule has 0 unspecified atom stereocenters. The van der Waals surface area contributed by atoms with Gasteiger partial charge in [-0.2, -0.15) is 0 Å². The number of para-hydroxylation sites is 1. The summed E-state index contributed by atoms with van der Waals surface area (Å²) in [6, 6.07) is 12.0. The zero-order chi connectivity index (χ0) is 22.0. The number of nitrogens with zero attached hydrogens (tertiary/aromatic N) is 3. The summed E-state index contributed by atoms with van der Waals surface area (Å²) < 4.78 is 34.2. The van der Waals surface area contributed by atoms with Crippen molar-refractivity contribution in [2.24, 2.45) is 10.4 Å². The fourth-order valence-electron chi connectivity index (χ4n) is 4.72. The van der Waals surface area contributed by atoms with Gasteiger partial charge >= 0.3 is 0 Å². The van der Waals surface area contributed by atoms with E-state index in [0.29, 0.717) is 36.6 Å². The molecule has 7 nitrogen and oxygen atoms in total. The van der Waals surface area contributed by atoms with E-state index < -0.39 is 10.0 Å². The van der Waals surface area contributed by atoms with Gasteiger partial charge < -0.3 is 9.64 Å². The number of ether oxygens (including phenoxy) is 1. The van der Waals surface area contributed by atoms with Crippen LogP contribution < -0.4 is 9.21 Å². The number of rotatable bonds is 4. The molecule has 0 radical (unpaired) electrons. The highest BCUT2D eigenvalue weighted by atomic mass is 32.2. The number of ketones is 1. The molecule has 0 amide bonds. The molecule has 3 aliphatic rings. The molecule has 5 rings (SSSR count). The quantitative estimate of drug-likeness (QED) is 0.732. The predicted octanol–water partition coefficient (Wildman–Crippen LogP) is 2.89. The smallest absolute Gasteiger partial charge is 0.264 e. The van der Waals surface area contributed by atoms with Crippen molar-refractivity contribution in [1.29, 1.82) is 0 Å². The van der Waals surface area contributed by atoms with Gasteiger partial charge in [0.1, 0.15) is 0 Å². The molecular weight excluding hydrogens is 414 g/mol.